The van der Waals surface area contributed by atoms with Gasteiger partial charge >= 0.3 is 0 Å². The van der Waals surface area contributed by atoms with E-state index in [-0.39, 0.29) is 5.56 Å². The third-order valence-corrected chi connectivity index (χ3v) is 6.49. The fraction of sp³-hybridized carbons (Fsp3) is 0.0435. The van der Waals surface area contributed by atoms with Crippen LogP contribution in [0.1, 0.15) is 11.1 Å². The van der Waals surface area contributed by atoms with E-state index in [0.717, 1.165) is 16.6 Å². The summed E-state index contributed by atoms with van der Waals surface area (Å²) in [5, 5.41) is 1.47. The third kappa shape index (κ3) is 3.90. The molecule has 8 heteroatoms. The quantitative estimate of drug-likeness (QED) is 0.312. The van der Waals surface area contributed by atoms with Gasteiger partial charge in [0, 0.05) is 15.6 Å². The minimum atomic E-state index is -0.145. The molecule has 31 heavy (non-hydrogen) atoms. The zero-order valence-corrected chi connectivity index (χ0v) is 18.9. The van der Waals surface area contributed by atoms with Crippen molar-refractivity contribution < 1.29 is 4.74 Å². The molecule has 0 spiro atoms. The van der Waals surface area contributed by atoms with Gasteiger partial charge in [-0.3, -0.25) is 4.79 Å². The summed E-state index contributed by atoms with van der Waals surface area (Å²) in [6.45, 7) is 0.294. The standard InChI is InChI=1S/C23H13Cl3N2O2S/c24-15-7-5-13(6-8-15)12-30-21-14(9-16(25)11-17(21)26)10-20-22(29)28-19-4-2-1-3-18(19)27-23(28)31-20/h1-11H,12H2/b20-10-. The molecule has 0 unspecified atom stereocenters. The third-order valence-electron chi connectivity index (χ3n) is 4.77. The smallest absolute Gasteiger partial charge is 0.274 e. The molecule has 5 rings (SSSR count). The fourth-order valence-electron chi connectivity index (χ4n) is 3.33. The zero-order valence-electron chi connectivity index (χ0n) is 15.8. The van der Waals surface area contributed by atoms with Crippen molar-refractivity contribution in [2.24, 2.45) is 0 Å². The number of benzene rings is 3. The van der Waals surface area contributed by atoms with Gasteiger partial charge < -0.3 is 4.74 Å². The van der Waals surface area contributed by atoms with Crippen LogP contribution in [0.25, 0.3) is 22.1 Å². The first kappa shape index (κ1) is 20.3. The molecule has 0 aliphatic heterocycles. The minimum Gasteiger partial charge on any atom is -0.487 e. The summed E-state index contributed by atoms with van der Waals surface area (Å²) in [6, 6.07) is 18.2. The Morgan fingerprint density at radius 3 is 2.58 bits per heavy atom. The molecular formula is C23H13Cl3N2O2S. The largest absolute Gasteiger partial charge is 0.487 e. The molecule has 4 nitrogen and oxygen atoms in total. The average Bonchev–Trinajstić information content (AvgIpc) is 3.25. The molecule has 3 aromatic carbocycles. The topological polar surface area (TPSA) is 43.6 Å². The summed E-state index contributed by atoms with van der Waals surface area (Å²) in [5.74, 6) is 0.455. The van der Waals surface area contributed by atoms with E-state index >= 15 is 0 Å². The van der Waals surface area contributed by atoms with Crippen LogP contribution in [0.3, 0.4) is 0 Å². The predicted molar refractivity (Wildman–Crippen MR) is 128 cm³/mol. The molecule has 0 amide bonds. The highest BCUT2D eigenvalue weighted by Gasteiger charge is 2.14. The molecule has 0 atom stereocenters. The summed E-state index contributed by atoms with van der Waals surface area (Å²) in [4.78, 5) is 18.3. The van der Waals surface area contributed by atoms with Gasteiger partial charge in [0.15, 0.2) is 4.96 Å². The second-order valence-corrected chi connectivity index (χ2v) is 9.14. The number of thiazole rings is 1. The maximum Gasteiger partial charge on any atom is 0.274 e. The Morgan fingerprint density at radius 1 is 1.00 bits per heavy atom. The Labute approximate surface area is 195 Å². The van der Waals surface area contributed by atoms with Crippen molar-refractivity contribution in [1.29, 1.82) is 0 Å². The summed E-state index contributed by atoms with van der Waals surface area (Å²) < 4.78 is 8.14. The van der Waals surface area contributed by atoms with Crippen molar-refractivity contribution in [3.05, 3.63) is 102 Å². The molecule has 2 heterocycles. The fourth-order valence-corrected chi connectivity index (χ4v) is 5.00. The van der Waals surface area contributed by atoms with Crippen molar-refractivity contribution in [1.82, 2.24) is 9.38 Å². The van der Waals surface area contributed by atoms with Crippen LogP contribution < -0.4 is 14.8 Å². The molecule has 0 saturated carbocycles. The SMILES string of the molecule is O=c1/c(=C/c2cc(Cl)cc(Cl)c2OCc2ccc(Cl)cc2)sc2nc3ccccc3n12. The first-order valence-corrected chi connectivity index (χ1v) is 11.2. The van der Waals surface area contributed by atoms with Crippen LogP contribution in [0.15, 0.2) is 65.5 Å². The molecular weight excluding hydrogens is 475 g/mol. The van der Waals surface area contributed by atoms with E-state index in [9.17, 15) is 4.79 Å². The predicted octanol–water partition coefficient (Wildman–Crippen LogP) is 6.00. The zero-order chi connectivity index (χ0) is 21.5. The van der Waals surface area contributed by atoms with E-state index in [1.165, 1.54) is 11.3 Å². The highest BCUT2D eigenvalue weighted by atomic mass is 35.5. The minimum absolute atomic E-state index is 0.145. The normalized spacial score (nSPS) is 12.2. The summed E-state index contributed by atoms with van der Waals surface area (Å²) in [7, 11) is 0. The van der Waals surface area contributed by atoms with E-state index in [0.29, 0.717) is 42.5 Å². The number of imidazole rings is 1. The van der Waals surface area contributed by atoms with Crippen LogP contribution in [-0.2, 0) is 6.61 Å². The van der Waals surface area contributed by atoms with Gasteiger partial charge in [0.05, 0.1) is 20.6 Å². The van der Waals surface area contributed by atoms with Gasteiger partial charge in [-0.25, -0.2) is 9.38 Å². The van der Waals surface area contributed by atoms with Crippen molar-refractivity contribution in [3.63, 3.8) is 0 Å². The average molecular weight is 488 g/mol. The number of fused-ring (bicyclic) bond motifs is 3. The van der Waals surface area contributed by atoms with Gasteiger partial charge in [0.2, 0.25) is 0 Å². The lowest BCUT2D eigenvalue weighted by Crippen LogP contribution is -2.22. The van der Waals surface area contributed by atoms with Crippen LogP contribution in [0, 0.1) is 0 Å². The molecule has 5 aromatic rings. The first-order chi connectivity index (χ1) is 15.0. The lowest BCUT2D eigenvalue weighted by Gasteiger charge is -2.12. The Bertz CT molecular complexity index is 1540. The summed E-state index contributed by atoms with van der Waals surface area (Å²) >= 11 is 19.9. The Kier molecular flexibility index (Phi) is 5.36. The maximum absolute atomic E-state index is 13.1. The molecule has 0 saturated heterocycles. The van der Waals surface area contributed by atoms with Crippen molar-refractivity contribution >= 4 is 68.2 Å². The van der Waals surface area contributed by atoms with E-state index < -0.39 is 0 Å². The molecule has 0 N–H and O–H groups in total. The van der Waals surface area contributed by atoms with E-state index in [1.54, 1.807) is 34.7 Å². The number of nitrogens with zero attached hydrogens (tertiary/aromatic N) is 2. The van der Waals surface area contributed by atoms with Gasteiger partial charge in [0.25, 0.3) is 5.56 Å². The van der Waals surface area contributed by atoms with Crippen LogP contribution in [0.2, 0.25) is 15.1 Å². The Hall–Kier alpha value is -2.57. The van der Waals surface area contributed by atoms with Gasteiger partial charge in [0.1, 0.15) is 12.4 Å². The molecule has 0 fully saturated rings. The lowest BCUT2D eigenvalue weighted by molar-refractivity contribution is 0.306. The lowest BCUT2D eigenvalue weighted by atomic mass is 10.2. The number of rotatable bonds is 4. The second-order valence-electron chi connectivity index (χ2n) is 6.86. The molecule has 2 aromatic heterocycles. The van der Waals surface area contributed by atoms with Crippen molar-refractivity contribution in [3.8, 4) is 5.75 Å². The van der Waals surface area contributed by atoms with Crippen LogP contribution in [0.4, 0.5) is 0 Å². The summed E-state index contributed by atoms with van der Waals surface area (Å²) in [5.41, 5.74) is 2.98. The monoisotopic (exact) mass is 486 g/mol. The van der Waals surface area contributed by atoms with E-state index in [1.807, 2.05) is 36.4 Å². The van der Waals surface area contributed by atoms with Crippen molar-refractivity contribution in [2.45, 2.75) is 6.61 Å². The van der Waals surface area contributed by atoms with Crippen molar-refractivity contribution in [2.75, 3.05) is 0 Å². The molecule has 0 aliphatic carbocycles. The Morgan fingerprint density at radius 2 is 1.77 bits per heavy atom. The first-order valence-electron chi connectivity index (χ1n) is 9.27. The summed E-state index contributed by atoms with van der Waals surface area (Å²) in [6.07, 6.45) is 1.74. The number of ether oxygens (including phenoxy) is 1. The second kappa shape index (κ2) is 8.17. The molecule has 154 valence electrons. The number of aromatic nitrogens is 2. The number of hydrogen-bond acceptors (Lipinski definition) is 4. The van der Waals surface area contributed by atoms with E-state index in [4.69, 9.17) is 39.5 Å². The highest BCUT2D eigenvalue weighted by molar-refractivity contribution is 7.15. The number of hydrogen-bond donors (Lipinski definition) is 0. The van der Waals surface area contributed by atoms with Gasteiger partial charge in [-0.05, 0) is 48.0 Å². The number of para-hydroxylation sites is 2. The van der Waals surface area contributed by atoms with Gasteiger partial charge in [-0.1, -0.05) is 70.4 Å². The maximum atomic E-state index is 13.1. The van der Waals surface area contributed by atoms with Crippen LogP contribution >= 0.6 is 46.1 Å². The van der Waals surface area contributed by atoms with E-state index in [2.05, 4.69) is 4.98 Å². The number of halogens is 3. The molecule has 0 aliphatic rings. The Balaban J connectivity index is 1.60. The van der Waals surface area contributed by atoms with Crippen LogP contribution in [0.5, 0.6) is 5.75 Å². The highest BCUT2D eigenvalue weighted by Crippen LogP contribution is 2.33. The molecule has 0 bridgehead atoms. The van der Waals surface area contributed by atoms with Crippen LogP contribution in [-0.4, -0.2) is 9.38 Å². The van der Waals surface area contributed by atoms with Gasteiger partial charge in [-0.2, -0.15) is 0 Å². The molecule has 0 radical (unpaired) electrons. The van der Waals surface area contributed by atoms with Gasteiger partial charge in [-0.15, -0.1) is 0 Å².